The number of ether oxygens (including phenoxy) is 3. The molecule has 6 heteroatoms. The molecule has 154 valence electrons. The maximum Gasteiger partial charge on any atom is 0.344 e. The van der Waals surface area contributed by atoms with Crippen LogP contribution in [0.15, 0.2) is 78.9 Å². The van der Waals surface area contributed by atoms with Gasteiger partial charge in [0.15, 0.2) is 13.2 Å². The second-order valence-corrected chi connectivity index (χ2v) is 6.47. The average molecular weight is 405 g/mol. The first-order valence-electron chi connectivity index (χ1n) is 9.47. The molecule has 0 atom stereocenters. The highest BCUT2D eigenvalue weighted by Crippen LogP contribution is 2.22. The Kier molecular flexibility index (Phi) is 7.44. The van der Waals surface area contributed by atoms with Crippen molar-refractivity contribution in [3.63, 3.8) is 0 Å². The number of hydrogen-bond acceptors (Lipinski definition) is 5. The van der Waals surface area contributed by atoms with Crippen LogP contribution in [0.4, 0.5) is 0 Å². The molecule has 0 aliphatic carbocycles. The van der Waals surface area contributed by atoms with Gasteiger partial charge in [-0.1, -0.05) is 54.6 Å². The fraction of sp³-hybridized carbons (Fsp3) is 0.167. The van der Waals surface area contributed by atoms with Gasteiger partial charge in [0.2, 0.25) is 0 Å². The average Bonchev–Trinajstić information content (AvgIpc) is 2.81. The first kappa shape index (κ1) is 20.9. The molecule has 30 heavy (non-hydrogen) atoms. The van der Waals surface area contributed by atoms with Gasteiger partial charge in [-0.15, -0.1) is 0 Å². The minimum absolute atomic E-state index is 0.270. The van der Waals surface area contributed by atoms with Crippen molar-refractivity contribution in [3.8, 4) is 22.6 Å². The molecule has 1 N–H and O–H groups in total. The predicted molar refractivity (Wildman–Crippen MR) is 113 cm³/mol. The molecule has 0 unspecified atom stereocenters. The van der Waals surface area contributed by atoms with E-state index in [9.17, 15) is 9.59 Å². The van der Waals surface area contributed by atoms with Crippen molar-refractivity contribution < 1.29 is 23.8 Å². The van der Waals surface area contributed by atoms with Crippen LogP contribution in [-0.2, 0) is 20.9 Å². The van der Waals surface area contributed by atoms with E-state index in [4.69, 9.17) is 14.2 Å². The number of esters is 1. The third kappa shape index (κ3) is 6.38. The monoisotopic (exact) mass is 405 g/mol. The van der Waals surface area contributed by atoms with Crippen LogP contribution in [0.5, 0.6) is 11.5 Å². The van der Waals surface area contributed by atoms with Gasteiger partial charge in [-0.3, -0.25) is 4.79 Å². The van der Waals surface area contributed by atoms with E-state index in [1.54, 1.807) is 19.2 Å². The summed E-state index contributed by atoms with van der Waals surface area (Å²) in [5, 5.41) is 2.69. The highest BCUT2D eigenvalue weighted by Gasteiger charge is 2.09. The van der Waals surface area contributed by atoms with Crippen molar-refractivity contribution in [2.75, 3.05) is 20.3 Å². The molecule has 0 aromatic heterocycles. The molecule has 0 aliphatic rings. The normalized spacial score (nSPS) is 10.2. The molecule has 3 aromatic rings. The molecule has 0 spiro atoms. The SMILES string of the molecule is COc1cccc(CNC(=O)COC(=O)COc2ccc(-c3ccccc3)cc2)c1. The highest BCUT2D eigenvalue weighted by atomic mass is 16.6. The van der Waals surface area contributed by atoms with Crippen LogP contribution in [0.25, 0.3) is 11.1 Å². The Hall–Kier alpha value is -3.80. The van der Waals surface area contributed by atoms with Gasteiger partial charge in [0.05, 0.1) is 7.11 Å². The van der Waals surface area contributed by atoms with E-state index < -0.39 is 11.9 Å². The first-order chi connectivity index (χ1) is 14.6. The van der Waals surface area contributed by atoms with E-state index in [2.05, 4.69) is 5.32 Å². The zero-order valence-corrected chi connectivity index (χ0v) is 16.7. The molecule has 0 heterocycles. The summed E-state index contributed by atoms with van der Waals surface area (Å²) in [5.74, 6) is 0.258. The molecule has 0 fully saturated rings. The van der Waals surface area contributed by atoms with Gasteiger partial charge < -0.3 is 19.5 Å². The molecular formula is C24H23NO5. The number of rotatable bonds is 9. The summed E-state index contributed by atoms with van der Waals surface area (Å²) < 4.78 is 15.5. The van der Waals surface area contributed by atoms with Crippen molar-refractivity contribution in [2.45, 2.75) is 6.54 Å². The van der Waals surface area contributed by atoms with Crippen molar-refractivity contribution in [2.24, 2.45) is 0 Å². The smallest absolute Gasteiger partial charge is 0.344 e. The summed E-state index contributed by atoms with van der Waals surface area (Å²) in [4.78, 5) is 23.7. The van der Waals surface area contributed by atoms with Crippen LogP contribution in [0.3, 0.4) is 0 Å². The van der Waals surface area contributed by atoms with Gasteiger partial charge in [0, 0.05) is 6.54 Å². The zero-order chi connectivity index (χ0) is 21.2. The van der Waals surface area contributed by atoms with Crippen LogP contribution >= 0.6 is 0 Å². The summed E-state index contributed by atoms with van der Waals surface area (Å²) in [6.45, 7) is -0.315. The molecule has 0 bridgehead atoms. The molecular weight excluding hydrogens is 382 g/mol. The highest BCUT2D eigenvalue weighted by molar-refractivity contribution is 5.80. The topological polar surface area (TPSA) is 73.9 Å². The maximum atomic E-state index is 11.9. The van der Waals surface area contributed by atoms with Crippen molar-refractivity contribution in [1.82, 2.24) is 5.32 Å². The Bertz CT molecular complexity index is 970. The first-order valence-corrected chi connectivity index (χ1v) is 9.47. The summed E-state index contributed by atoms with van der Waals surface area (Å²) in [6, 6.07) is 24.7. The third-order valence-electron chi connectivity index (χ3n) is 4.31. The van der Waals surface area contributed by atoms with E-state index in [1.807, 2.05) is 66.7 Å². The fourth-order valence-electron chi connectivity index (χ4n) is 2.74. The number of hydrogen-bond donors (Lipinski definition) is 1. The number of nitrogens with one attached hydrogen (secondary N) is 1. The second-order valence-electron chi connectivity index (χ2n) is 6.47. The summed E-state index contributed by atoms with van der Waals surface area (Å²) in [6.07, 6.45) is 0. The van der Waals surface area contributed by atoms with Crippen molar-refractivity contribution in [3.05, 3.63) is 84.4 Å². The molecule has 3 rings (SSSR count). The molecule has 0 saturated carbocycles. The lowest BCUT2D eigenvalue weighted by Gasteiger charge is -2.09. The van der Waals surface area contributed by atoms with Crippen LogP contribution in [0.1, 0.15) is 5.56 Å². The second kappa shape index (κ2) is 10.7. The Labute approximate surface area is 175 Å². The molecule has 0 radical (unpaired) electrons. The van der Waals surface area contributed by atoms with E-state index in [1.165, 1.54) is 0 Å². The summed E-state index contributed by atoms with van der Waals surface area (Å²) in [7, 11) is 1.58. The van der Waals surface area contributed by atoms with Crippen LogP contribution in [0.2, 0.25) is 0 Å². The van der Waals surface area contributed by atoms with Gasteiger partial charge >= 0.3 is 5.97 Å². The molecule has 0 saturated heterocycles. The number of benzene rings is 3. The number of carbonyl (C=O) groups excluding carboxylic acids is 2. The molecule has 0 aliphatic heterocycles. The predicted octanol–water partition coefficient (Wildman–Crippen LogP) is 3.60. The lowest BCUT2D eigenvalue weighted by Crippen LogP contribution is -2.29. The van der Waals surface area contributed by atoms with Gasteiger partial charge in [0.1, 0.15) is 11.5 Å². The van der Waals surface area contributed by atoms with E-state index in [0.717, 1.165) is 16.7 Å². The molecule has 1 amide bonds. The van der Waals surface area contributed by atoms with Gasteiger partial charge in [-0.25, -0.2) is 4.79 Å². The van der Waals surface area contributed by atoms with Crippen molar-refractivity contribution in [1.29, 1.82) is 0 Å². The number of carbonyl (C=O) groups is 2. The summed E-state index contributed by atoms with van der Waals surface area (Å²) in [5.41, 5.74) is 3.04. The van der Waals surface area contributed by atoms with Gasteiger partial charge in [0.25, 0.3) is 5.91 Å². The van der Waals surface area contributed by atoms with E-state index in [-0.39, 0.29) is 13.2 Å². The molecule has 3 aromatic carbocycles. The van der Waals surface area contributed by atoms with Crippen LogP contribution in [-0.4, -0.2) is 32.2 Å². The maximum absolute atomic E-state index is 11.9. The summed E-state index contributed by atoms with van der Waals surface area (Å²) >= 11 is 0. The Balaban J connectivity index is 1.37. The molecule has 6 nitrogen and oxygen atoms in total. The zero-order valence-electron chi connectivity index (χ0n) is 16.7. The number of methoxy groups -OCH3 is 1. The van der Waals surface area contributed by atoms with Gasteiger partial charge in [-0.2, -0.15) is 0 Å². The number of amides is 1. The Morgan fingerprint density at radius 1 is 0.800 bits per heavy atom. The standard InChI is InChI=1S/C24H23NO5/c1-28-22-9-5-6-18(14-22)15-25-23(26)16-30-24(27)17-29-21-12-10-20(11-13-21)19-7-3-2-4-8-19/h2-14H,15-17H2,1H3,(H,25,26). The lowest BCUT2D eigenvalue weighted by molar-refractivity contribution is -0.150. The van der Waals surface area contributed by atoms with Gasteiger partial charge in [-0.05, 0) is 41.0 Å². The van der Waals surface area contributed by atoms with Crippen LogP contribution in [0, 0.1) is 0 Å². The fourth-order valence-corrected chi connectivity index (χ4v) is 2.74. The van der Waals surface area contributed by atoms with Crippen LogP contribution < -0.4 is 14.8 Å². The third-order valence-corrected chi connectivity index (χ3v) is 4.31. The van der Waals surface area contributed by atoms with E-state index >= 15 is 0 Å². The van der Waals surface area contributed by atoms with Crippen molar-refractivity contribution >= 4 is 11.9 Å². The van der Waals surface area contributed by atoms with E-state index in [0.29, 0.717) is 18.0 Å². The Morgan fingerprint density at radius 2 is 1.53 bits per heavy atom. The largest absolute Gasteiger partial charge is 0.497 e. The minimum atomic E-state index is -0.612. The Morgan fingerprint density at radius 3 is 2.27 bits per heavy atom. The quantitative estimate of drug-likeness (QED) is 0.551. The lowest BCUT2D eigenvalue weighted by atomic mass is 10.1. The minimum Gasteiger partial charge on any atom is -0.497 e.